The highest BCUT2D eigenvalue weighted by Crippen LogP contribution is 2.48. The van der Waals surface area contributed by atoms with Crippen LogP contribution in [0.4, 0.5) is 0 Å². The van der Waals surface area contributed by atoms with Gasteiger partial charge in [-0.3, -0.25) is 0 Å². The van der Waals surface area contributed by atoms with Gasteiger partial charge in [0.1, 0.15) is 0 Å². The fourth-order valence-corrected chi connectivity index (χ4v) is 4.01. The Balaban J connectivity index is 1.97. The topological polar surface area (TPSA) is 0 Å². The lowest BCUT2D eigenvalue weighted by atomic mass is 9.79. The number of halogens is 1. The van der Waals surface area contributed by atoms with Gasteiger partial charge in [-0.2, -0.15) is 0 Å². The maximum atomic E-state index is 4.02. The Morgan fingerprint density at radius 2 is 1.42 bits per heavy atom. The van der Waals surface area contributed by atoms with E-state index in [0.29, 0.717) is 4.32 Å². The number of hydrogen-bond acceptors (Lipinski definition) is 0. The Morgan fingerprint density at radius 3 is 2.00 bits per heavy atom. The van der Waals surface area contributed by atoms with Crippen LogP contribution in [0, 0.1) is 5.92 Å². The van der Waals surface area contributed by atoms with Crippen LogP contribution in [0.2, 0.25) is 0 Å². The quantitative estimate of drug-likeness (QED) is 0.591. The number of rotatable bonds is 1. The highest BCUT2D eigenvalue weighted by atomic mass is 79.9. The van der Waals surface area contributed by atoms with Crippen molar-refractivity contribution in [3.05, 3.63) is 0 Å². The zero-order chi connectivity index (χ0) is 8.44. The minimum Gasteiger partial charge on any atom is -0.0850 e. The molecule has 0 N–H and O–H groups in total. The average molecular weight is 231 g/mol. The summed E-state index contributed by atoms with van der Waals surface area (Å²) in [6.45, 7) is 0. The van der Waals surface area contributed by atoms with Gasteiger partial charge >= 0.3 is 0 Å². The summed E-state index contributed by atoms with van der Waals surface area (Å²) < 4.78 is 0.571. The second kappa shape index (κ2) is 3.69. The van der Waals surface area contributed by atoms with Crippen molar-refractivity contribution in [3.8, 4) is 0 Å². The lowest BCUT2D eigenvalue weighted by Crippen LogP contribution is -2.32. The van der Waals surface area contributed by atoms with Gasteiger partial charge in [-0.1, -0.05) is 48.0 Å². The maximum absolute atomic E-state index is 4.02. The molecule has 12 heavy (non-hydrogen) atoms. The van der Waals surface area contributed by atoms with E-state index in [1.807, 2.05) is 0 Å². The van der Waals surface area contributed by atoms with E-state index in [2.05, 4.69) is 15.9 Å². The first-order valence-corrected chi connectivity index (χ1v) is 6.29. The highest BCUT2D eigenvalue weighted by Gasteiger charge is 2.38. The summed E-state index contributed by atoms with van der Waals surface area (Å²) in [5.41, 5.74) is 0. The zero-order valence-corrected chi connectivity index (χ0v) is 9.41. The van der Waals surface area contributed by atoms with Gasteiger partial charge in [0.15, 0.2) is 0 Å². The first-order valence-electron chi connectivity index (χ1n) is 5.50. The smallest absolute Gasteiger partial charge is 0.0286 e. The van der Waals surface area contributed by atoms with Gasteiger partial charge in [0.05, 0.1) is 0 Å². The van der Waals surface area contributed by atoms with Crippen LogP contribution < -0.4 is 0 Å². The van der Waals surface area contributed by atoms with E-state index in [4.69, 9.17) is 0 Å². The summed E-state index contributed by atoms with van der Waals surface area (Å²) in [5, 5.41) is 0. The van der Waals surface area contributed by atoms with E-state index in [1.54, 1.807) is 0 Å². The van der Waals surface area contributed by atoms with Crippen LogP contribution in [-0.2, 0) is 0 Å². The largest absolute Gasteiger partial charge is 0.0850 e. The van der Waals surface area contributed by atoms with Crippen LogP contribution in [-0.4, -0.2) is 4.32 Å². The van der Waals surface area contributed by atoms with Crippen molar-refractivity contribution in [1.82, 2.24) is 0 Å². The Bertz CT molecular complexity index is 141. The maximum Gasteiger partial charge on any atom is 0.0286 e. The van der Waals surface area contributed by atoms with E-state index >= 15 is 0 Å². The Morgan fingerprint density at radius 1 is 0.833 bits per heavy atom. The van der Waals surface area contributed by atoms with E-state index in [1.165, 1.54) is 57.8 Å². The molecule has 0 aromatic carbocycles. The SMILES string of the molecule is BrC1(C2CCCC2)CCCCC1. The molecule has 0 aromatic heterocycles. The number of alkyl halides is 1. The van der Waals surface area contributed by atoms with Gasteiger partial charge < -0.3 is 0 Å². The van der Waals surface area contributed by atoms with E-state index in [-0.39, 0.29) is 0 Å². The molecular formula is C11H19Br. The fourth-order valence-electron chi connectivity index (χ4n) is 2.99. The molecule has 2 aliphatic carbocycles. The molecule has 2 saturated carbocycles. The Labute approximate surface area is 84.2 Å². The van der Waals surface area contributed by atoms with Crippen LogP contribution in [0.5, 0.6) is 0 Å². The normalized spacial score (nSPS) is 30.8. The summed E-state index contributed by atoms with van der Waals surface area (Å²) in [4.78, 5) is 0. The molecule has 0 saturated heterocycles. The lowest BCUT2D eigenvalue weighted by molar-refractivity contribution is 0.298. The third kappa shape index (κ3) is 1.71. The number of hydrogen-bond donors (Lipinski definition) is 0. The first-order chi connectivity index (χ1) is 5.81. The van der Waals surface area contributed by atoms with Gasteiger partial charge in [0.2, 0.25) is 0 Å². The van der Waals surface area contributed by atoms with Gasteiger partial charge in [0, 0.05) is 4.32 Å². The van der Waals surface area contributed by atoms with Crippen molar-refractivity contribution < 1.29 is 0 Å². The van der Waals surface area contributed by atoms with Crippen LogP contribution in [0.3, 0.4) is 0 Å². The minimum absolute atomic E-state index is 0.571. The monoisotopic (exact) mass is 230 g/mol. The van der Waals surface area contributed by atoms with Gasteiger partial charge in [-0.25, -0.2) is 0 Å². The first kappa shape index (κ1) is 9.05. The molecular weight excluding hydrogens is 212 g/mol. The molecule has 0 heterocycles. The zero-order valence-electron chi connectivity index (χ0n) is 7.82. The highest BCUT2D eigenvalue weighted by molar-refractivity contribution is 9.10. The molecule has 0 nitrogen and oxygen atoms in total. The third-order valence-corrected chi connectivity index (χ3v) is 5.21. The molecule has 2 rings (SSSR count). The summed E-state index contributed by atoms with van der Waals surface area (Å²) in [6.07, 6.45) is 13.2. The van der Waals surface area contributed by atoms with Gasteiger partial charge in [-0.05, 0) is 31.6 Å². The molecule has 0 radical (unpaired) electrons. The van der Waals surface area contributed by atoms with Crippen molar-refractivity contribution in [2.24, 2.45) is 5.92 Å². The molecule has 0 aliphatic heterocycles. The fraction of sp³-hybridized carbons (Fsp3) is 1.00. The summed E-state index contributed by atoms with van der Waals surface area (Å²) in [6, 6.07) is 0. The second-order valence-corrected chi connectivity index (χ2v) is 6.16. The molecule has 0 unspecified atom stereocenters. The molecule has 2 fully saturated rings. The van der Waals surface area contributed by atoms with Crippen LogP contribution >= 0.6 is 15.9 Å². The average Bonchev–Trinajstić information content (AvgIpc) is 2.58. The van der Waals surface area contributed by atoms with E-state index < -0.39 is 0 Å². The van der Waals surface area contributed by atoms with E-state index in [9.17, 15) is 0 Å². The van der Waals surface area contributed by atoms with Crippen LogP contribution in [0.25, 0.3) is 0 Å². The molecule has 0 aromatic rings. The molecule has 70 valence electrons. The second-order valence-electron chi connectivity index (χ2n) is 4.58. The van der Waals surface area contributed by atoms with Gasteiger partial charge in [0.25, 0.3) is 0 Å². The van der Waals surface area contributed by atoms with E-state index in [0.717, 1.165) is 5.92 Å². The van der Waals surface area contributed by atoms with Crippen LogP contribution in [0.15, 0.2) is 0 Å². The summed E-state index contributed by atoms with van der Waals surface area (Å²) >= 11 is 4.02. The van der Waals surface area contributed by atoms with Crippen molar-refractivity contribution in [1.29, 1.82) is 0 Å². The minimum atomic E-state index is 0.571. The van der Waals surface area contributed by atoms with Crippen molar-refractivity contribution in [3.63, 3.8) is 0 Å². The summed E-state index contributed by atoms with van der Waals surface area (Å²) in [5.74, 6) is 1.01. The van der Waals surface area contributed by atoms with Gasteiger partial charge in [-0.15, -0.1) is 0 Å². The molecule has 2 aliphatic rings. The molecule has 0 amide bonds. The predicted octanol–water partition coefficient (Wildman–Crippen LogP) is 4.27. The predicted molar refractivity (Wildman–Crippen MR) is 56.7 cm³/mol. The Kier molecular flexibility index (Phi) is 2.78. The standard InChI is InChI=1S/C11H19Br/c12-11(8-4-1-5-9-11)10-6-2-3-7-10/h10H,1-9H2. The summed E-state index contributed by atoms with van der Waals surface area (Å²) in [7, 11) is 0. The molecule has 1 heteroatoms. The molecule has 0 atom stereocenters. The van der Waals surface area contributed by atoms with Crippen molar-refractivity contribution in [2.45, 2.75) is 62.1 Å². The van der Waals surface area contributed by atoms with Crippen molar-refractivity contribution in [2.75, 3.05) is 0 Å². The third-order valence-electron chi connectivity index (χ3n) is 3.77. The lowest BCUT2D eigenvalue weighted by Gasteiger charge is -2.37. The van der Waals surface area contributed by atoms with Crippen LogP contribution in [0.1, 0.15) is 57.8 Å². The molecule has 0 bridgehead atoms. The molecule has 0 spiro atoms. The van der Waals surface area contributed by atoms with Crippen molar-refractivity contribution >= 4 is 15.9 Å². The Hall–Kier alpha value is 0.480.